The number of ketones is 1. The van der Waals surface area contributed by atoms with Crippen molar-refractivity contribution in [2.24, 2.45) is 0 Å². The van der Waals surface area contributed by atoms with E-state index >= 15 is 0 Å². The zero-order valence-corrected chi connectivity index (χ0v) is 23.2. The smallest absolute Gasteiger partial charge is 0.307 e. The number of ether oxygens (including phenoxy) is 1. The molecule has 6 heteroatoms. The molecule has 34 heavy (non-hydrogen) atoms. The lowest BCUT2D eigenvalue weighted by atomic mass is 10.1. The first-order valence-corrected chi connectivity index (χ1v) is 14.3. The van der Waals surface area contributed by atoms with Gasteiger partial charge in [0.1, 0.15) is 5.78 Å². The van der Waals surface area contributed by atoms with Crippen molar-refractivity contribution in [3.05, 3.63) is 0 Å². The van der Waals surface area contributed by atoms with E-state index in [1.807, 2.05) is 0 Å². The van der Waals surface area contributed by atoms with Gasteiger partial charge in [-0.2, -0.15) is 0 Å². The van der Waals surface area contributed by atoms with Crippen LogP contribution in [0.5, 0.6) is 0 Å². The number of hydrogen-bond donors (Lipinski definition) is 1. The van der Waals surface area contributed by atoms with Gasteiger partial charge in [0.25, 0.3) is 0 Å². The number of nitrogens with one attached hydrogen (secondary N) is 1. The van der Waals surface area contributed by atoms with Crippen LogP contribution in [-0.2, 0) is 14.3 Å². The highest BCUT2D eigenvalue weighted by molar-refractivity contribution is 5.75. The van der Waals surface area contributed by atoms with Gasteiger partial charge in [-0.3, -0.25) is 9.59 Å². The largest absolute Gasteiger partial charge is 0.466 e. The molecule has 0 radical (unpaired) electrons. The first-order valence-electron chi connectivity index (χ1n) is 14.3. The standard InChI is InChI=1S/C28H57N3O3/c1-5-8-9-10-11-12-13-14-15-16-17-26-34-28(33)19-23-31(22-18-27(4)32)25-21-29-20-24-30(6-2)7-3/h29H,5-26H2,1-4H3. The number of hydrogen-bond acceptors (Lipinski definition) is 6. The molecule has 0 atom stereocenters. The molecule has 0 rings (SSSR count). The van der Waals surface area contributed by atoms with E-state index in [2.05, 4.69) is 35.9 Å². The summed E-state index contributed by atoms with van der Waals surface area (Å²) in [5.41, 5.74) is 0. The van der Waals surface area contributed by atoms with Crippen LogP contribution < -0.4 is 5.32 Å². The average molecular weight is 484 g/mol. The molecular weight excluding hydrogens is 426 g/mol. The Morgan fingerprint density at radius 3 is 1.68 bits per heavy atom. The van der Waals surface area contributed by atoms with Crippen LogP contribution in [0.3, 0.4) is 0 Å². The minimum atomic E-state index is -0.116. The molecule has 0 amide bonds. The summed E-state index contributed by atoms with van der Waals surface area (Å²) in [6.45, 7) is 16.0. The summed E-state index contributed by atoms with van der Waals surface area (Å²) in [7, 11) is 0. The highest BCUT2D eigenvalue weighted by Crippen LogP contribution is 2.11. The maximum absolute atomic E-state index is 12.1. The lowest BCUT2D eigenvalue weighted by molar-refractivity contribution is -0.144. The molecule has 0 bridgehead atoms. The third-order valence-corrected chi connectivity index (χ3v) is 6.53. The summed E-state index contributed by atoms with van der Waals surface area (Å²) in [4.78, 5) is 28.2. The normalized spacial score (nSPS) is 11.5. The first kappa shape index (κ1) is 33.0. The van der Waals surface area contributed by atoms with Gasteiger partial charge in [0.2, 0.25) is 0 Å². The molecule has 0 aliphatic carbocycles. The van der Waals surface area contributed by atoms with Crippen LogP contribution in [0.1, 0.15) is 111 Å². The fourth-order valence-corrected chi connectivity index (χ4v) is 4.06. The second-order valence-corrected chi connectivity index (χ2v) is 9.58. The Balaban J connectivity index is 3.81. The van der Waals surface area contributed by atoms with Crippen molar-refractivity contribution >= 4 is 11.8 Å². The number of likely N-dealkylation sites (N-methyl/N-ethyl adjacent to an activating group) is 1. The Morgan fingerprint density at radius 2 is 1.15 bits per heavy atom. The molecule has 0 aromatic rings. The molecule has 202 valence electrons. The van der Waals surface area contributed by atoms with Crippen LogP contribution in [0, 0.1) is 0 Å². The van der Waals surface area contributed by atoms with E-state index in [0.717, 1.165) is 52.1 Å². The van der Waals surface area contributed by atoms with Crippen LogP contribution in [0.15, 0.2) is 0 Å². The zero-order chi connectivity index (χ0) is 25.3. The van der Waals surface area contributed by atoms with Crippen LogP contribution in [-0.4, -0.2) is 80.5 Å². The predicted molar refractivity (Wildman–Crippen MR) is 144 cm³/mol. The fourth-order valence-electron chi connectivity index (χ4n) is 4.06. The van der Waals surface area contributed by atoms with E-state index in [1.54, 1.807) is 6.92 Å². The maximum atomic E-state index is 12.1. The number of unbranched alkanes of at least 4 members (excludes halogenated alkanes) is 10. The Kier molecular flexibility index (Phi) is 24.4. The number of carbonyl (C=O) groups excluding carboxylic acids is 2. The molecule has 1 N–H and O–H groups in total. The van der Waals surface area contributed by atoms with E-state index in [-0.39, 0.29) is 11.8 Å². The third kappa shape index (κ3) is 22.8. The molecule has 0 saturated heterocycles. The maximum Gasteiger partial charge on any atom is 0.307 e. The number of Topliss-reactive ketones (excluding diaryl/α,β-unsaturated/α-hetero) is 1. The van der Waals surface area contributed by atoms with Crippen molar-refractivity contribution in [2.75, 3.05) is 59.0 Å². The van der Waals surface area contributed by atoms with Gasteiger partial charge in [-0.25, -0.2) is 0 Å². The number of nitrogens with zero attached hydrogens (tertiary/aromatic N) is 2. The minimum Gasteiger partial charge on any atom is -0.466 e. The monoisotopic (exact) mass is 483 g/mol. The predicted octanol–water partition coefficient (Wildman–Crippen LogP) is 5.44. The van der Waals surface area contributed by atoms with E-state index in [4.69, 9.17) is 4.74 Å². The summed E-state index contributed by atoms with van der Waals surface area (Å²) in [5, 5.41) is 3.48. The van der Waals surface area contributed by atoms with Gasteiger partial charge in [-0.15, -0.1) is 0 Å². The summed E-state index contributed by atoms with van der Waals surface area (Å²) < 4.78 is 5.44. The van der Waals surface area contributed by atoms with Gasteiger partial charge in [0, 0.05) is 45.7 Å². The van der Waals surface area contributed by atoms with Gasteiger partial charge in [-0.05, 0) is 26.4 Å². The molecular formula is C28H57N3O3. The van der Waals surface area contributed by atoms with E-state index < -0.39 is 0 Å². The summed E-state index contributed by atoms with van der Waals surface area (Å²) in [5.74, 6) is 0.0768. The van der Waals surface area contributed by atoms with Crippen molar-refractivity contribution in [3.8, 4) is 0 Å². The highest BCUT2D eigenvalue weighted by Gasteiger charge is 2.10. The van der Waals surface area contributed by atoms with E-state index in [1.165, 1.54) is 57.8 Å². The van der Waals surface area contributed by atoms with Gasteiger partial charge in [0.05, 0.1) is 13.0 Å². The Hall–Kier alpha value is -0.980. The SMILES string of the molecule is CCCCCCCCCCCCCOC(=O)CCN(CCNCCN(CC)CC)CCC(C)=O. The highest BCUT2D eigenvalue weighted by atomic mass is 16.5. The van der Waals surface area contributed by atoms with E-state index in [9.17, 15) is 9.59 Å². The molecule has 0 spiro atoms. The third-order valence-electron chi connectivity index (χ3n) is 6.53. The number of rotatable bonds is 26. The van der Waals surface area contributed by atoms with Gasteiger partial charge >= 0.3 is 5.97 Å². The number of carbonyl (C=O) groups is 2. The second-order valence-electron chi connectivity index (χ2n) is 9.58. The van der Waals surface area contributed by atoms with E-state index in [0.29, 0.717) is 32.5 Å². The summed E-state index contributed by atoms with van der Waals surface area (Å²) in [6, 6.07) is 0. The van der Waals surface area contributed by atoms with Gasteiger partial charge in [-0.1, -0.05) is 85.0 Å². The van der Waals surface area contributed by atoms with Crippen molar-refractivity contribution in [1.82, 2.24) is 15.1 Å². The fraction of sp³-hybridized carbons (Fsp3) is 0.929. The molecule has 0 fully saturated rings. The van der Waals surface area contributed by atoms with Crippen LogP contribution in [0.25, 0.3) is 0 Å². The average Bonchev–Trinajstić information content (AvgIpc) is 2.83. The molecule has 0 aliphatic rings. The van der Waals surface area contributed by atoms with Gasteiger partial charge in [0.15, 0.2) is 0 Å². The second kappa shape index (κ2) is 25.1. The lowest BCUT2D eigenvalue weighted by Crippen LogP contribution is -2.38. The van der Waals surface area contributed by atoms with Crippen LogP contribution in [0.4, 0.5) is 0 Å². The summed E-state index contributed by atoms with van der Waals surface area (Å²) in [6.07, 6.45) is 15.2. The quantitative estimate of drug-likeness (QED) is 0.130. The lowest BCUT2D eigenvalue weighted by Gasteiger charge is -2.22. The molecule has 0 unspecified atom stereocenters. The van der Waals surface area contributed by atoms with Gasteiger partial charge < -0.3 is 19.9 Å². The zero-order valence-electron chi connectivity index (χ0n) is 23.2. The molecule has 6 nitrogen and oxygen atoms in total. The van der Waals surface area contributed by atoms with Crippen molar-refractivity contribution in [1.29, 1.82) is 0 Å². The molecule has 0 heterocycles. The van der Waals surface area contributed by atoms with Crippen molar-refractivity contribution in [3.63, 3.8) is 0 Å². The first-order chi connectivity index (χ1) is 16.5. The number of esters is 1. The topological polar surface area (TPSA) is 61.9 Å². The Labute approximate surface area is 211 Å². The van der Waals surface area contributed by atoms with Crippen LogP contribution in [0.2, 0.25) is 0 Å². The summed E-state index contributed by atoms with van der Waals surface area (Å²) >= 11 is 0. The molecule has 0 aromatic heterocycles. The minimum absolute atomic E-state index is 0.116. The molecule has 0 aromatic carbocycles. The van der Waals surface area contributed by atoms with Crippen LogP contribution >= 0.6 is 0 Å². The van der Waals surface area contributed by atoms with Crippen molar-refractivity contribution < 1.29 is 14.3 Å². The molecule has 0 aliphatic heterocycles. The Morgan fingerprint density at radius 1 is 0.647 bits per heavy atom. The Bertz CT molecular complexity index is 470. The molecule has 0 saturated carbocycles. The van der Waals surface area contributed by atoms with Crippen molar-refractivity contribution in [2.45, 2.75) is 111 Å².